The summed E-state index contributed by atoms with van der Waals surface area (Å²) < 4.78 is 0. The fraction of sp³-hybridized carbons (Fsp3) is 0.500. The smallest absolute Gasteiger partial charge is 0.277 e. The van der Waals surface area contributed by atoms with Crippen molar-refractivity contribution < 1.29 is 9.59 Å². The number of primary amides is 1. The van der Waals surface area contributed by atoms with Gasteiger partial charge in [0, 0.05) is 11.9 Å². The quantitative estimate of drug-likeness (QED) is 0.697. The van der Waals surface area contributed by atoms with Gasteiger partial charge in [-0.2, -0.15) is 0 Å². The molecular weight excluding hydrogens is 240 g/mol. The third-order valence-electron chi connectivity index (χ3n) is 2.02. The van der Waals surface area contributed by atoms with Crippen molar-refractivity contribution in [1.29, 1.82) is 0 Å². The minimum Gasteiger partial charge on any atom is -0.364 e. The van der Waals surface area contributed by atoms with Crippen molar-refractivity contribution in [2.45, 2.75) is 6.42 Å². The predicted octanol–water partition coefficient (Wildman–Crippen LogP) is -0.0765. The van der Waals surface area contributed by atoms with E-state index < -0.39 is 5.91 Å². The number of carbonyl (C=O) groups is 2. The number of nitrogens with zero attached hydrogens (tertiary/aromatic N) is 2. The first-order valence-electron chi connectivity index (χ1n) is 5.19. The summed E-state index contributed by atoms with van der Waals surface area (Å²) in [6.45, 7) is 1.49. The number of amides is 2. The lowest BCUT2D eigenvalue weighted by Gasteiger charge is -2.09. The number of aromatic nitrogens is 1. The molecule has 7 heteroatoms. The number of rotatable bonds is 6. The van der Waals surface area contributed by atoms with Crippen LogP contribution in [0.25, 0.3) is 0 Å². The summed E-state index contributed by atoms with van der Waals surface area (Å²) in [6, 6.07) is 0. The van der Waals surface area contributed by atoms with Crippen LogP contribution in [-0.4, -0.2) is 48.9 Å². The molecule has 0 saturated carbocycles. The highest BCUT2D eigenvalue weighted by atomic mass is 32.1. The van der Waals surface area contributed by atoms with Crippen LogP contribution in [0.2, 0.25) is 0 Å². The molecule has 3 N–H and O–H groups in total. The average molecular weight is 256 g/mol. The van der Waals surface area contributed by atoms with E-state index in [4.69, 9.17) is 5.73 Å². The Kier molecular flexibility index (Phi) is 5.05. The second-order valence-corrected chi connectivity index (χ2v) is 4.67. The number of thiazole rings is 1. The fourth-order valence-corrected chi connectivity index (χ4v) is 1.83. The van der Waals surface area contributed by atoms with Gasteiger partial charge in [-0.3, -0.25) is 9.59 Å². The predicted molar refractivity (Wildman–Crippen MR) is 66.1 cm³/mol. The minimum absolute atomic E-state index is 0.156. The Balaban J connectivity index is 2.39. The highest BCUT2D eigenvalue weighted by molar-refractivity contribution is 7.11. The SMILES string of the molecule is CN(C)CCCNC(=O)c1csc(C(N)=O)n1. The maximum absolute atomic E-state index is 11.6. The first-order chi connectivity index (χ1) is 8.00. The van der Waals surface area contributed by atoms with Crippen LogP contribution in [-0.2, 0) is 0 Å². The largest absolute Gasteiger partial charge is 0.364 e. The maximum Gasteiger partial charge on any atom is 0.277 e. The summed E-state index contributed by atoms with van der Waals surface area (Å²) in [6.07, 6.45) is 0.867. The molecule has 1 aromatic heterocycles. The first-order valence-corrected chi connectivity index (χ1v) is 6.07. The number of nitrogens with one attached hydrogen (secondary N) is 1. The number of hydrogen-bond acceptors (Lipinski definition) is 5. The maximum atomic E-state index is 11.6. The van der Waals surface area contributed by atoms with E-state index in [2.05, 4.69) is 10.3 Å². The molecule has 0 bridgehead atoms. The minimum atomic E-state index is -0.610. The highest BCUT2D eigenvalue weighted by Gasteiger charge is 2.12. The van der Waals surface area contributed by atoms with Gasteiger partial charge in [0.15, 0.2) is 5.01 Å². The van der Waals surface area contributed by atoms with Gasteiger partial charge in [-0.25, -0.2) is 4.98 Å². The first kappa shape index (κ1) is 13.6. The Labute approximate surface area is 104 Å². The van der Waals surface area contributed by atoms with E-state index in [1.807, 2.05) is 19.0 Å². The molecule has 0 saturated heterocycles. The van der Waals surface area contributed by atoms with Crippen LogP contribution in [0.5, 0.6) is 0 Å². The second kappa shape index (κ2) is 6.31. The third kappa shape index (κ3) is 4.49. The standard InChI is InChI=1S/C10H16N4O2S/c1-14(2)5-3-4-12-9(16)7-6-17-10(13-7)8(11)15/h6H,3-5H2,1-2H3,(H2,11,15)(H,12,16). The zero-order chi connectivity index (χ0) is 12.8. The Morgan fingerprint density at radius 3 is 2.76 bits per heavy atom. The normalized spacial score (nSPS) is 10.5. The molecule has 0 aromatic carbocycles. The molecule has 1 rings (SSSR count). The molecule has 94 valence electrons. The van der Waals surface area contributed by atoms with Gasteiger partial charge in [0.1, 0.15) is 5.69 Å². The molecule has 0 aliphatic carbocycles. The molecular formula is C10H16N4O2S. The van der Waals surface area contributed by atoms with E-state index in [1.54, 1.807) is 0 Å². The number of carbonyl (C=O) groups excluding carboxylic acids is 2. The molecule has 0 radical (unpaired) electrons. The Bertz CT molecular complexity index is 403. The highest BCUT2D eigenvalue weighted by Crippen LogP contribution is 2.08. The van der Waals surface area contributed by atoms with Gasteiger partial charge in [-0.15, -0.1) is 11.3 Å². The molecule has 6 nitrogen and oxygen atoms in total. The average Bonchev–Trinajstić information content (AvgIpc) is 2.73. The fourth-order valence-electron chi connectivity index (χ4n) is 1.18. The monoisotopic (exact) mass is 256 g/mol. The summed E-state index contributed by atoms with van der Waals surface area (Å²) in [5.41, 5.74) is 5.30. The molecule has 1 aromatic rings. The molecule has 0 fully saturated rings. The molecule has 0 atom stereocenters. The van der Waals surface area contributed by atoms with Crippen molar-refractivity contribution in [1.82, 2.24) is 15.2 Å². The zero-order valence-electron chi connectivity index (χ0n) is 9.90. The van der Waals surface area contributed by atoms with Crippen LogP contribution in [0, 0.1) is 0 Å². The van der Waals surface area contributed by atoms with Crippen LogP contribution in [0.1, 0.15) is 26.7 Å². The lowest BCUT2D eigenvalue weighted by Crippen LogP contribution is -2.27. The van der Waals surface area contributed by atoms with E-state index in [-0.39, 0.29) is 16.6 Å². The van der Waals surface area contributed by atoms with E-state index in [9.17, 15) is 9.59 Å². The lowest BCUT2D eigenvalue weighted by atomic mass is 10.4. The van der Waals surface area contributed by atoms with E-state index >= 15 is 0 Å². The van der Waals surface area contributed by atoms with E-state index in [0.717, 1.165) is 24.3 Å². The molecule has 0 spiro atoms. The van der Waals surface area contributed by atoms with Crippen molar-refractivity contribution >= 4 is 23.2 Å². The zero-order valence-corrected chi connectivity index (χ0v) is 10.7. The van der Waals surface area contributed by atoms with Crippen LogP contribution in [0.3, 0.4) is 0 Å². The molecule has 0 aliphatic heterocycles. The summed E-state index contributed by atoms with van der Waals surface area (Å²) in [7, 11) is 3.95. The lowest BCUT2D eigenvalue weighted by molar-refractivity contribution is 0.0948. The van der Waals surface area contributed by atoms with Crippen molar-refractivity contribution in [3.05, 3.63) is 16.1 Å². The van der Waals surface area contributed by atoms with Crippen LogP contribution < -0.4 is 11.1 Å². The van der Waals surface area contributed by atoms with Crippen molar-refractivity contribution in [2.24, 2.45) is 5.73 Å². The van der Waals surface area contributed by atoms with Crippen LogP contribution in [0.4, 0.5) is 0 Å². The van der Waals surface area contributed by atoms with Crippen molar-refractivity contribution in [3.63, 3.8) is 0 Å². The van der Waals surface area contributed by atoms with Gasteiger partial charge in [-0.1, -0.05) is 0 Å². The van der Waals surface area contributed by atoms with Gasteiger partial charge in [0.25, 0.3) is 11.8 Å². The van der Waals surface area contributed by atoms with Gasteiger partial charge < -0.3 is 16.0 Å². The van der Waals surface area contributed by atoms with Crippen molar-refractivity contribution in [3.8, 4) is 0 Å². The number of hydrogen-bond donors (Lipinski definition) is 2. The van der Waals surface area contributed by atoms with Gasteiger partial charge >= 0.3 is 0 Å². The van der Waals surface area contributed by atoms with E-state index in [0.29, 0.717) is 6.54 Å². The molecule has 1 heterocycles. The Morgan fingerprint density at radius 2 is 2.24 bits per heavy atom. The Morgan fingerprint density at radius 1 is 1.53 bits per heavy atom. The van der Waals surface area contributed by atoms with Gasteiger partial charge in [0.2, 0.25) is 0 Å². The second-order valence-electron chi connectivity index (χ2n) is 3.81. The molecule has 17 heavy (non-hydrogen) atoms. The van der Waals surface area contributed by atoms with Gasteiger partial charge in [0.05, 0.1) is 0 Å². The van der Waals surface area contributed by atoms with E-state index in [1.165, 1.54) is 5.38 Å². The van der Waals surface area contributed by atoms with Crippen LogP contribution >= 0.6 is 11.3 Å². The summed E-state index contributed by atoms with van der Waals surface area (Å²) >= 11 is 1.08. The molecule has 0 unspecified atom stereocenters. The molecule has 2 amide bonds. The summed E-state index contributed by atoms with van der Waals surface area (Å²) in [5.74, 6) is -0.880. The Hall–Kier alpha value is -1.47. The van der Waals surface area contributed by atoms with Gasteiger partial charge in [-0.05, 0) is 27.1 Å². The summed E-state index contributed by atoms with van der Waals surface area (Å²) in [4.78, 5) is 28.3. The number of nitrogens with two attached hydrogens (primary N) is 1. The van der Waals surface area contributed by atoms with Crippen LogP contribution in [0.15, 0.2) is 5.38 Å². The third-order valence-corrected chi connectivity index (χ3v) is 2.87. The van der Waals surface area contributed by atoms with Crippen molar-refractivity contribution in [2.75, 3.05) is 27.2 Å². The molecule has 0 aliphatic rings. The summed E-state index contributed by atoms with van der Waals surface area (Å²) in [5, 5.41) is 4.42. The topological polar surface area (TPSA) is 88.3 Å².